The van der Waals surface area contributed by atoms with E-state index in [0.717, 1.165) is 24.6 Å². The quantitative estimate of drug-likeness (QED) is 0.739. The van der Waals surface area contributed by atoms with Crippen molar-refractivity contribution in [2.24, 2.45) is 5.92 Å². The summed E-state index contributed by atoms with van der Waals surface area (Å²) in [6.45, 7) is 7.78. The van der Waals surface area contributed by atoms with E-state index in [9.17, 15) is 0 Å². The summed E-state index contributed by atoms with van der Waals surface area (Å²) < 4.78 is 5.42. The largest absolute Gasteiger partial charge is 0.468 e. The van der Waals surface area contributed by atoms with E-state index in [2.05, 4.69) is 26.1 Å². The molecule has 0 saturated heterocycles. The van der Waals surface area contributed by atoms with Gasteiger partial charge in [-0.3, -0.25) is 0 Å². The number of hydrogen-bond acceptors (Lipinski definition) is 2. The third-order valence-electron chi connectivity index (χ3n) is 3.10. The molecule has 1 rings (SSSR count). The molecule has 0 aliphatic heterocycles. The van der Waals surface area contributed by atoms with Crippen LogP contribution in [0.3, 0.4) is 0 Å². The summed E-state index contributed by atoms with van der Waals surface area (Å²) in [5.41, 5.74) is 0. The minimum Gasteiger partial charge on any atom is -0.468 e. The second-order valence-corrected chi connectivity index (χ2v) is 4.07. The Balaban J connectivity index is 2.41. The maximum absolute atomic E-state index is 5.42. The van der Waals surface area contributed by atoms with E-state index in [1.807, 2.05) is 12.1 Å². The summed E-state index contributed by atoms with van der Waals surface area (Å²) in [6, 6.07) is 4.38. The molecule has 0 aliphatic carbocycles. The van der Waals surface area contributed by atoms with E-state index in [0.29, 0.717) is 6.04 Å². The topological polar surface area (TPSA) is 25.2 Å². The van der Waals surface area contributed by atoms with Crippen LogP contribution in [0.5, 0.6) is 0 Å². The molecule has 0 aromatic carbocycles. The summed E-state index contributed by atoms with van der Waals surface area (Å²) >= 11 is 0. The highest BCUT2D eigenvalue weighted by Gasteiger charge is 2.12. The van der Waals surface area contributed by atoms with Crippen molar-refractivity contribution in [3.05, 3.63) is 24.2 Å². The maximum Gasteiger partial charge on any atom is 0.120 e. The molecule has 86 valence electrons. The van der Waals surface area contributed by atoms with E-state index in [1.165, 1.54) is 12.8 Å². The molecule has 0 saturated carbocycles. The van der Waals surface area contributed by atoms with Crippen molar-refractivity contribution in [3.63, 3.8) is 0 Å². The summed E-state index contributed by atoms with van der Waals surface area (Å²) in [7, 11) is 0. The van der Waals surface area contributed by atoms with Crippen LogP contribution in [0.25, 0.3) is 0 Å². The van der Waals surface area contributed by atoms with Gasteiger partial charge in [0.25, 0.3) is 0 Å². The minimum atomic E-state index is 0.376. The van der Waals surface area contributed by atoms with Gasteiger partial charge in [0.15, 0.2) is 0 Å². The van der Waals surface area contributed by atoms with Crippen LogP contribution >= 0.6 is 0 Å². The van der Waals surface area contributed by atoms with Crippen LogP contribution < -0.4 is 5.32 Å². The Morgan fingerprint density at radius 3 is 2.40 bits per heavy atom. The van der Waals surface area contributed by atoms with E-state index in [1.54, 1.807) is 6.26 Å². The third kappa shape index (κ3) is 3.71. The first-order valence-electron chi connectivity index (χ1n) is 6.08. The molecule has 0 amide bonds. The van der Waals surface area contributed by atoms with Gasteiger partial charge in [-0.05, 0) is 31.0 Å². The van der Waals surface area contributed by atoms with Gasteiger partial charge in [0, 0.05) is 0 Å². The Hall–Kier alpha value is -0.760. The van der Waals surface area contributed by atoms with Gasteiger partial charge in [-0.15, -0.1) is 0 Å². The van der Waals surface area contributed by atoms with Crippen LogP contribution in [0.2, 0.25) is 0 Å². The van der Waals surface area contributed by atoms with Crippen LogP contribution in [-0.4, -0.2) is 6.54 Å². The molecule has 0 bridgehead atoms. The van der Waals surface area contributed by atoms with Crippen LogP contribution in [0, 0.1) is 5.92 Å². The number of rotatable bonds is 7. The van der Waals surface area contributed by atoms with Crippen molar-refractivity contribution >= 4 is 0 Å². The standard InChI is InChI=1S/C13H23NO/c1-4-11(5-2)10-14-12(6-3)13-8-7-9-15-13/h7-9,11-12,14H,4-6,10H2,1-3H3. The smallest absolute Gasteiger partial charge is 0.120 e. The SMILES string of the molecule is CCC(CC)CNC(CC)c1ccco1. The van der Waals surface area contributed by atoms with E-state index >= 15 is 0 Å². The van der Waals surface area contributed by atoms with Crippen molar-refractivity contribution in [1.82, 2.24) is 5.32 Å². The third-order valence-corrected chi connectivity index (χ3v) is 3.10. The van der Waals surface area contributed by atoms with Gasteiger partial charge in [-0.1, -0.05) is 33.6 Å². The zero-order chi connectivity index (χ0) is 11.1. The Morgan fingerprint density at radius 1 is 1.20 bits per heavy atom. The van der Waals surface area contributed by atoms with Gasteiger partial charge in [0.2, 0.25) is 0 Å². The molecule has 2 heteroatoms. The van der Waals surface area contributed by atoms with Crippen molar-refractivity contribution in [2.45, 2.75) is 46.1 Å². The summed E-state index contributed by atoms with van der Waals surface area (Å²) in [5, 5.41) is 3.58. The zero-order valence-corrected chi connectivity index (χ0v) is 10.1. The first kappa shape index (κ1) is 12.3. The first-order valence-corrected chi connectivity index (χ1v) is 6.08. The molecule has 0 radical (unpaired) electrons. The van der Waals surface area contributed by atoms with Crippen LogP contribution in [0.4, 0.5) is 0 Å². The lowest BCUT2D eigenvalue weighted by atomic mass is 10.0. The molecule has 15 heavy (non-hydrogen) atoms. The monoisotopic (exact) mass is 209 g/mol. The average molecular weight is 209 g/mol. The Kier molecular flexibility index (Phi) is 5.48. The Morgan fingerprint density at radius 2 is 1.93 bits per heavy atom. The lowest BCUT2D eigenvalue weighted by Gasteiger charge is -2.19. The zero-order valence-electron chi connectivity index (χ0n) is 10.1. The number of nitrogens with one attached hydrogen (secondary N) is 1. The molecule has 2 nitrogen and oxygen atoms in total. The molecule has 1 N–H and O–H groups in total. The van der Waals surface area contributed by atoms with Crippen molar-refractivity contribution in [2.75, 3.05) is 6.54 Å². The second-order valence-electron chi connectivity index (χ2n) is 4.07. The lowest BCUT2D eigenvalue weighted by Crippen LogP contribution is -2.26. The highest BCUT2D eigenvalue weighted by atomic mass is 16.3. The molecule has 0 fully saturated rings. The fourth-order valence-electron chi connectivity index (χ4n) is 1.82. The molecule has 1 atom stereocenters. The number of furan rings is 1. The average Bonchev–Trinajstić information content (AvgIpc) is 2.78. The van der Waals surface area contributed by atoms with Gasteiger partial charge in [0.05, 0.1) is 12.3 Å². The summed E-state index contributed by atoms with van der Waals surface area (Å²) in [6.07, 6.45) is 5.32. The highest BCUT2D eigenvalue weighted by Crippen LogP contribution is 2.17. The fourth-order valence-corrected chi connectivity index (χ4v) is 1.82. The van der Waals surface area contributed by atoms with Gasteiger partial charge >= 0.3 is 0 Å². The highest BCUT2D eigenvalue weighted by molar-refractivity contribution is 5.03. The molecular weight excluding hydrogens is 186 g/mol. The minimum absolute atomic E-state index is 0.376. The molecule has 0 spiro atoms. The van der Waals surface area contributed by atoms with Crippen LogP contribution in [-0.2, 0) is 0 Å². The van der Waals surface area contributed by atoms with Crippen molar-refractivity contribution in [3.8, 4) is 0 Å². The predicted octanol–water partition coefficient (Wildman–Crippen LogP) is 3.76. The number of hydrogen-bond donors (Lipinski definition) is 1. The van der Waals surface area contributed by atoms with Crippen LogP contribution in [0.15, 0.2) is 22.8 Å². The van der Waals surface area contributed by atoms with Gasteiger partial charge < -0.3 is 9.73 Å². The Labute approximate surface area is 93.1 Å². The first-order chi connectivity index (χ1) is 7.31. The second kappa shape index (κ2) is 6.67. The molecule has 1 aromatic rings. The van der Waals surface area contributed by atoms with Crippen LogP contribution in [0.1, 0.15) is 51.8 Å². The Bertz CT molecular complexity index is 239. The molecule has 1 aromatic heterocycles. The predicted molar refractivity (Wildman–Crippen MR) is 63.8 cm³/mol. The lowest BCUT2D eigenvalue weighted by molar-refractivity contribution is 0.362. The maximum atomic E-state index is 5.42. The summed E-state index contributed by atoms with van der Waals surface area (Å²) in [5.74, 6) is 1.84. The van der Waals surface area contributed by atoms with E-state index in [-0.39, 0.29) is 0 Å². The van der Waals surface area contributed by atoms with E-state index in [4.69, 9.17) is 4.42 Å². The van der Waals surface area contributed by atoms with Gasteiger partial charge in [-0.25, -0.2) is 0 Å². The molecule has 1 heterocycles. The van der Waals surface area contributed by atoms with Crippen molar-refractivity contribution in [1.29, 1.82) is 0 Å². The molecular formula is C13H23NO. The molecule has 1 unspecified atom stereocenters. The van der Waals surface area contributed by atoms with E-state index < -0.39 is 0 Å². The molecule has 0 aliphatic rings. The van der Waals surface area contributed by atoms with Crippen molar-refractivity contribution < 1.29 is 4.42 Å². The summed E-state index contributed by atoms with van der Waals surface area (Å²) in [4.78, 5) is 0. The normalized spacial score (nSPS) is 13.3. The van der Waals surface area contributed by atoms with Gasteiger partial charge in [-0.2, -0.15) is 0 Å². The fraction of sp³-hybridized carbons (Fsp3) is 0.692. The van der Waals surface area contributed by atoms with Gasteiger partial charge in [0.1, 0.15) is 5.76 Å².